The van der Waals surface area contributed by atoms with Crippen LogP contribution in [0.3, 0.4) is 0 Å². The predicted octanol–water partition coefficient (Wildman–Crippen LogP) is 0.616. The molecule has 0 bridgehead atoms. The Morgan fingerprint density at radius 2 is 1.72 bits per heavy atom. The number of likely N-dealkylation sites (tertiary alicyclic amines) is 1. The van der Waals surface area contributed by atoms with Gasteiger partial charge < -0.3 is 9.47 Å². The first-order valence-electron chi connectivity index (χ1n) is 9.23. The summed E-state index contributed by atoms with van der Waals surface area (Å²) < 4.78 is 49.8. The maximum atomic E-state index is 12.7. The van der Waals surface area contributed by atoms with Crippen LogP contribution in [0.25, 0.3) is 0 Å². The summed E-state index contributed by atoms with van der Waals surface area (Å²) in [6.45, 7) is 0.765. The molecule has 0 saturated carbocycles. The predicted molar refractivity (Wildman–Crippen MR) is 106 cm³/mol. The summed E-state index contributed by atoms with van der Waals surface area (Å²) in [7, 11) is -5.21. The molecule has 158 valence electrons. The number of rotatable bonds is 6. The van der Waals surface area contributed by atoms with Crippen molar-refractivity contribution in [3.8, 4) is 0 Å². The van der Waals surface area contributed by atoms with E-state index in [1.807, 2.05) is 0 Å². The van der Waals surface area contributed by atoms with Gasteiger partial charge >= 0.3 is 0 Å². The molecule has 1 fully saturated rings. The fourth-order valence-corrected chi connectivity index (χ4v) is 5.78. The Labute approximate surface area is 170 Å². The fourth-order valence-electron chi connectivity index (χ4n) is 3.41. The third-order valence-electron chi connectivity index (χ3n) is 5.14. The first-order valence-corrected chi connectivity index (χ1v) is 12.7. The lowest BCUT2D eigenvalue weighted by atomic mass is 10.1. The fraction of sp³-hybridized carbons (Fsp3) is 0.500. The number of aryl methyl sites for hydroxylation is 2. The largest absolute Gasteiger partial charge is 0.343 e. The van der Waals surface area contributed by atoms with Crippen LogP contribution < -0.4 is 0 Å². The van der Waals surface area contributed by atoms with Crippen molar-refractivity contribution < 1.29 is 21.6 Å². The second kappa shape index (κ2) is 8.23. The molecule has 1 aromatic carbocycles. The van der Waals surface area contributed by atoms with Crippen LogP contribution in [0.1, 0.15) is 24.8 Å². The third-order valence-corrected chi connectivity index (χ3v) is 8.49. The van der Waals surface area contributed by atoms with E-state index in [1.54, 1.807) is 24.1 Å². The Kier molecular flexibility index (Phi) is 6.08. The number of amides is 1. The maximum Gasteiger partial charge on any atom is 0.249 e. The topological polar surface area (TPSA) is 119 Å². The molecule has 0 spiro atoms. The highest BCUT2D eigenvalue weighted by Crippen LogP contribution is 2.23. The van der Waals surface area contributed by atoms with Crippen LogP contribution >= 0.6 is 0 Å². The lowest BCUT2D eigenvalue weighted by Crippen LogP contribution is -2.43. The molecule has 0 radical (unpaired) electrons. The van der Waals surface area contributed by atoms with Gasteiger partial charge in [0.2, 0.25) is 20.9 Å². The van der Waals surface area contributed by atoms with Crippen LogP contribution in [-0.2, 0) is 37.9 Å². The van der Waals surface area contributed by atoms with Gasteiger partial charge in [0.05, 0.1) is 10.1 Å². The van der Waals surface area contributed by atoms with Crippen molar-refractivity contribution in [3.63, 3.8) is 0 Å². The molecule has 9 nitrogen and oxygen atoms in total. The minimum Gasteiger partial charge on any atom is -0.343 e. The first kappa shape index (κ1) is 21.4. The van der Waals surface area contributed by atoms with E-state index < -0.39 is 24.9 Å². The molecule has 1 aromatic heterocycles. The van der Waals surface area contributed by atoms with E-state index in [-0.39, 0.29) is 16.0 Å². The van der Waals surface area contributed by atoms with Crippen molar-refractivity contribution in [2.45, 2.75) is 41.0 Å². The highest BCUT2D eigenvalue weighted by Gasteiger charge is 2.35. The van der Waals surface area contributed by atoms with Crippen molar-refractivity contribution in [1.82, 2.24) is 19.7 Å². The summed E-state index contributed by atoms with van der Waals surface area (Å²) in [6, 6.07) is 6.50. The molecule has 0 aliphatic carbocycles. The van der Waals surface area contributed by atoms with E-state index in [1.165, 1.54) is 23.0 Å². The van der Waals surface area contributed by atoms with Crippen LogP contribution in [0.15, 0.2) is 40.6 Å². The van der Waals surface area contributed by atoms with Gasteiger partial charge in [0.15, 0.2) is 9.84 Å². The monoisotopic (exact) mass is 440 g/mol. The second-order valence-electron chi connectivity index (χ2n) is 7.27. The Balaban J connectivity index is 1.53. The number of sulfone groups is 2. The van der Waals surface area contributed by atoms with Crippen molar-refractivity contribution in [2.75, 3.05) is 19.3 Å². The van der Waals surface area contributed by atoms with Crippen molar-refractivity contribution in [3.05, 3.63) is 36.2 Å². The van der Waals surface area contributed by atoms with Crippen LogP contribution in [0, 0.1) is 0 Å². The highest BCUT2D eigenvalue weighted by molar-refractivity contribution is 7.92. The van der Waals surface area contributed by atoms with Gasteiger partial charge in [-0.25, -0.2) is 16.8 Å². The average molecular weight is 441 g/mol. The lowest BCUT2D eigenvalue weighted by molar-refractivity contribution is -0.132. The Bertz CT molecular complexity index is 1080. The van der Waals surface area contributed by atoms with Gasteiger partial charge in [-0.05, 0) is 37.0 Å². The molecule has 29 heavy (non-hydrogen) atoms. The molecule has 0 unspecified atom stereocenters. The maximum absolute atomic E-state index is 12.7. The van der Waals surface area contributed by atoms with E-state index in [2.05, 4.69) is 10.2 Å². The lowest BCUT2D eigenvalue weighted by Gasteiger charge is -2.31. The molecule has 1 aliphatic rings. The second-order valence-corrected chi connectivity index (χ2v) is 11.4. The molecule has 1 saturated heterocycles. The molecule has 0 N–H and O–H groups in total. The van der Waals surface area contributed by atoms with E-state index in [0.29, 0.717) is 38.8 Å². The van der Waals surface area contributed by atoms with Gasteiger partial charge in [0.1, 0.15) is 6.33 Å². The number of benzene rings is 1. The molecule has 2 heterocycles. The Morgan fingerprint density at radius 1 is 1.10 bits per heavy atom. The molecule has 1 amide bonds. The van der Waals surface area contributed by atoms with Crippen molar-refractivity contribution in [2.24, 2.45) is 7.05 Å². The number of carbonyl (C=O) groups excluding carboxylic acids is 1. The molecule has 2 aromatic rings. The quantitative estimate of drug-likeness (QED) is 0.646. The summed E-state index contributed by atoms with van der Waals surface area (Å²) in [4.78, 5) is 14.4. The highest BCUT2D eigenvalue weighted by atomic mass is 32.2. The number of nitrogens with zero attached hydrogens (tertiary/aromatic N) is 4. The molecule has 3 rings (SSSR count). The minimum atomic E-state index is -3.57. The number of carbonyl (C=O) groups is 1. The number of hydrogen-bond donors (Lipinski definition) is 0. The zero-order chi connectivity index (χ0) is 21.2. The molecule has 11 heteroatoms. The van der Waals surface area contributed by atoms with Gasteiger partial charge in [-0.2, -0.15) is 0 Å². The minimum absolute atomic E-state index is 0.0355. The molecular formula is C18H24N4O5S2. The average Bonchev–Trinajstić information content (AvgIpc) is 3.12. The van der Waals surface area contributed by atoms with Crippen LogP contribution in [0.2, 0.25) is 0 Å². The summed E-state index contributed by atoms with van der Waals surface area (Å²) in [5.41, 5.74) is 0.880. The summed E-state index contributed by atoms with van der Waals surface area (Å²) in [5.74, 6) is -0.0355. The van der Waals surface area contributed by atoms with Gasteiger partial charge in [-0.3, -0.25) is 4.79 Å². The van der Waals surface area contributed by atoms with Gasteiger partial charge in [-0.15, -0.1) is 10.2 Å². The SMILES string of the molecule is Cn1cnnc1S(=O)(=O)C1CCN(C(=O)CCc2ccc(S(C)(=O)=O)cc2)CC1. The van der Waals surface area contributed by atoms with Gasteiger partial charge in [-0.1, -0.05) is 12.1 Å². The molecule has 0 atom stereocenters. The number of hydrogen-bond acceptors (Lipinski definition) is 7. The van der Waals surface area contributed by atoms with Gasteiger partial charge in [0.25, 0.3) is 0 Å². The van der Waals surface area contributed by atoms with E-state index in [4.69, 9.17) is 0 Å². The summed E-state index contributed by atoms with van der Waals surface area (Å²) in [5, 5.41) is 6.73. The van der Waals surface area contributed by atoms with E-state index in [0.717, 1.165) is 11.8 Å². The van der Waals surface area contributed by atoms with E-state index >= 15 is 0 Å². The summed E-state index contributed by atoms with van der Waals surface area (Å²) >= 11 is 0. The first-order chi connectivity index (χ1) is 13.6. The van der Waals surface area contributed by atoms with Crippen LogP contribution in [-0.4, -0.2) is 67.0 Å². The van der Waals surface area contributed by atoms with Crippen LogP contribution in [0.5, 0.6) is 0 Å². The van der Waals surface area contributed by atoms with E-state index in [9.17, 15) is 21.6 Å². The standard InChI is InChI=1S/C18H24N4O5S2/c1-21-13-19-20-18(21)29(26,27)16-9-11-22(12-10-16)17(23)8-5-14-3-6-15(7-4-14)28(2,24)25/h3-4,6-7,13,16H,5,8-12H2,1-2H3. The molecular weight excluding hydrogens is 416 g/mol. The zero-order valence-corrected chi connectivity index (χ0v) is 18.0. The van der Waals surface area contributed by atoms with Crippen molar-refractivity contribution >= 4 is 25.6 Å². The number of aromatic nitrogens is 3. The summed E-state index contributed by atoms with van der Waals surface area (Å²) in [6.07, 6.45) is 4.03. The van der Waals surface area contributed by atoms with Crippen molar-refractivity contribution in [1.29, 1.82) is 0 Å². The van der Waals surface area contributed by atoms with Gasteiger partial charge in [0, 0.05) is 32.8 Å². The normalized spacial score (nSPS) is 16.1. The third kappa shape index (κ3) is 4.84. The molecule has 1 aliphatic heterocycles. The zero-order valence-electron chi connectivity index (χ0n) is 16.4. The Hall–Kier alpha value is -2.27. The number of piperidine rings is 1. The Morgan fingerprint density at radius 3 is 2.24 bits per heavy atom. The smallest absolute Gasteiger partial charge is 0.249 e. The van der Waals surface area contributed by atoms with Crippen LogP contribution in [0.4, 0.5) is 0 Å².